The monoisotopic (exact) mass is 593 g/mol. The van der Waals surface area contributed by atoms with E-state index in [2.05, 4.69) is 10.2 Å². The number of Topliss-reactive ketones (excluding diaryl/α,β-unsaturated/α-hetero) is 1. The summed E-state index contributed by atoms with van der Waals surface area (Å²) in [5.74, 6) is -1.19. The first kappa shape index (κ1) is 25.3. The van der Waals surface area contributed by atoms with Gasteiger partial charge in [-0.05, 0) is 46.8 Å². The van der Waals surface area contributed by atoms with E-state index in [-0.39, 0.29) is 15.7 Å². The molecule has 6 nitrogen and oxygen atoms in total. The summed E-state index contributed by atoms with van der Waals surface area (Å²) in [7, 11) is 0. The fraction of sp³-hybridized carbons (Fsp3) is 0.0833. The Morgan fingerprint density at radius 1 is 1.06 bits per heavy atom. The van der Waals surface area contributed by atoms with Gasteiger partial charge in [-0.3, -0.25) is 14.5 Å². The second kappa shape index (κ2) is 10.5. The molecule has 1 unspecified atom stereocenters. The van der Waals surface area contributed by atoms with Crippen LogP contribution in [-0.4, -0.2) is 27.0 Å². The third-order valence-electron chi connectivity index (χ3n) is 5.33. The molecule has 0 radical (unpaired) electrons. The molecule has 1 N–H and O–H groups in total. The number of hydrogen-bond donors (Lipinski definition) is 1. The number of amides is 1. The van der Waals surface area contributed by atoms with E-state index in [4.69, 9.17) is 34.8 Å². The number of benzene rings is 2. The van der Waals surface area contributed by atoms with Crippen molar-refractivity contribution in [2.45, 2.75) is 16.1 Å². The number of rotatable bonds is 7. The Morgan fingerprint density at radius 2 is 1.83 bits per heavy atom. The van der Waals surface area contributed by atoms with Crippen molar-refractivity contribution in [1.82, 2.24) is 10.2 Å². The lowest BCUT2D eigenvalue weighted by Crippen LogP contribution is -2.31. The molecule has 1 amide bonds. The van der Waals surface area contributed by atoms with Crippen LogP contribution in [0.15, 0.2) is 75.6 Å². The van der Waals surface area contributed by atoms with Crippen LogP contribution in [0.1, 0.15) is 26.8 Å². The average molecular weight is 595 g/mol. The van der Waals surface area contributed by atoms with Crippen molar-refractivity contribution in [2.75, 3.05) is 4.90 Å². The smallest absolute Gasteiger partial charge is 0.296 e. The maximum atomic E-state index is 13.4. The Morgan fingerprint density at radius 3 is 2.53 bits per heavy atom. The van der Waals surface area contributed by atoms with Gasteiger partial charge in [0.1, 0.15) is 0 Å². The minimum Gasteiger partial charge on any atom is -0.503 e. The van der Waals surface area contributed by atoms with Gasteiger partial charge in [0, 0.05) is 10.8 Å². The summed E-state index contributed by atoms with van der Waals surface area (Å²) in [6.07, 6.45) is 0. The van der Waals surface area contributed by atoms with Crippen molar-refractivity contribution in [3.05, 3.63) is 102 Å². The Kier molecular flexibility index (Phi) is 7.39. The summed E-state index contributed by atoms with van der Waals surface area (Å²) in [6, 6.07) is 14.7. The molecular formula is C24H14Cl3N3O3S3. The number of aliphatic hydroxyl groups is 1. The zero-order valence-corrected chi connectivity index (χ0v) is 22.7. The van der Waals surface area contributed by atoms with Crippen LogP contribution < -0.4 is 4.90 Å². The third-order valence-corrected chi connectivity index (χ3v) is 9.32. The van der Waals surface area contributed by atoms with Crippen molar-refractivity contribution in [1.29, 1.82) is 0 Å². The first-order valence-corrected chi connectivity index (χ1v) is 14.2. The maximum absolute atomic E-state index is 13.4. The van der Waals surface area contributed by atoms with Gasteiger partial charge in [0.25, 0.3) is 5.91 Å². The van der Waals surface area contributed by atoms with Gasteiger partial charge in [0.05, 0.1) is 26.5 Å². The average Bonchev–Trinajstić information content (AvgIpc) is 3.61. The van der Waals surface area contributed by atoms with Crippen molar-refractivity contribution < 1.29 is 14.7 Å². The standard InChI is InChI=1S/C24H14Cl3N3O3S3/c25-14-6-3-12(4-7-14)11-35-24-29-28-23(36-24)30-19(13-5-8-15(26)16(27)10-13)18(21(32)22(30)33)20(31)17-2-1-9-34-17/h1-10,19,32H,11H2. The number of aromatic nitrogens is 2. The molecule has 0 bridgehead atoms. The highest BCUT2D eigenvalue weighted by molar-refractivity contribution is 8.00. The number of thiophene rings is 1. The first-order chi connectivity index (χ1) is 17.3. The zero-order chi connectivity index (χ0) is 25.4. The van der Waals surface area contributed by atoms with Crippen LogP contribution in [-0.2, 0) is 10.5 Å². The summed E-state index contributed by atoms with van der Waals surface area (Å²) in [4.78, 5) is 28.3. The highest BCUT2D eigenvalue weighted by atomic mass is 35.5. The van der Waals surface area contributed by atoms with Crippen molar-refractivity contribution in [2.24, 2.45) is 0 Å². The van der Waals surface area contributed by atoms with Gasteiger partial charge >= 0.3 is 0 Å². The number of hydrogen-bond acceptors (Lipinski definition) is 8. The van der Waals surface area contributed by atoms with Crippen LogP contribution in [0.4, 0.5) is 5.13 Å². The van der Waals surface area contributed by atoms with Crippen molar-refractivity contribution in [3.8, 4) is 0 Å². The molecule has 0 saturated carbocycles. The highest BCUT2D eigenvalue weighted by Crippen LogP contribution is 2.45. The molecule has 2 aromatic carbocycles. The van der Waals surface area contributed by atoms with Crippen LogP contribution in [0.2, 0.25) is 15.1 Å². The number of nitrogens with zero attached hydrogens (tertiary/aromatic N) is 3. The predicted molar refractivity (Wildman–Crippen MR) is 146 cm³/mol. The number of thioether (sulfide) groups is 1. The van der Waals surface area contributed by atoms with Crippen molar-refractivity contribution >= 4 is 86.1 Å². The minimum atomic E-state index is -0.955. The zero-order valence-electron chi connectivity index (χ0n) is 18.0. The normalized spacial score (nSPS) is 15.7. The molecule has 3 heterocycles. The fourth-order valence-electron chi connectivity index (χ4n) is 3.66. The lowest BCUT2D eigenvalue weighted by Gasteiger charge is -2.24. The van der Waals surface area contributed by atoms with Gasteiger partial charge in [-0.25, -0.2) is 0 Å². The Hall–Kier alpha value is -2.40. The highest BCUT2D eigenvalue weighted by Gasteiger charge is 2.46. The molecule has 2 aromatic heterocycles. The second-order valence-corrected chi connectivity index (χ2v) is 12.0. The molecular weight excluding hydrogens is 581 g/mol. The molecule has 0 fully saturated rings. The number of carbonyl (C=O) groups excluding carboxylic acids is 2. The summed E-state index contributed by atoms with van der Waals surface area (Å²) in [6.45, 7) is 0. The van der Waals surface area contributed by atoms with Crippen LogP contribution in [0.25, 0.3) is 0 Å². The topological polar surface area (TPSA) is 83.4 Å². The molecule has 1 atom stereocenters. The van der Waals surface area contributed by atoms with Crippen LogP contribution in [0.5, 0.6) is 0 Å². The van der Waals surface area contributed by atoms with E-state index in [0.29, 0.717) is 30.6 Å². The van der Waals surface area contributed by atoms with E-state index in [0.717, 1.165) is 5.56 Å². The number of halogens is 3. The summed E-state index contributed by atoms with van der Waals surface area (Å²) in [5, 5.41) is 22.5. The minimum absolute atomic E-state index is 0.0496. The van der Waals surface area contributed by atoms with Crippen LogP contribution in [0.3, 0.4) is 0 Å². The van der Waals surface area contributed by atoms with Crippen LogP contribution >= 0.6 is 69.2 Å². The van der Waals surface area contributed by atoms with Gasteiger partial charge < -0.3 is 5.11 Å². The molecule has 36 heavy (non-hydrogen) atoms. The first-order valence-electron chi connectivity index (χ1n) is 10.3. The summed E-state index contributed by atoms with van der Waals surface area (Å²) < 4.78 is 0.623. The SMILES string of the molecule is O=C(C1=C(O)C(=O)N(c2nnc(SCc3ccc(Cl)cc3)s2)C1c1ccc(Cl)c(Cl)c1)c1cccs1. The third kappa shape index (κ3) is 4.91. The van der Waals surface area contributed by atoms with E-state index in [9.17, 15) is 14.7 Å². The number of ketones is 1. The van der Waals surface area contributed by atoms with Gasteiger partial charge in [-0.15, -0.1) is 21.5 Å². The van der Waals surface area contributed by atoms with Crippen LogP contribution in [0, 0.1) is 0 Å². The molecule has 12 heteroatoms. The van der Waals surface area contributed by atoms with E-state index in [1.807, 2.05) is 24.3 Å². The Labute approximate surface area is 233 Å². The van der Waals surface area contributed by atoms with Gasteiger partial charge in [-0.1, -0.05) is 82.2 Å². The lowest BCUT2D eigenvalue weighted by molar-refractivity contribution is -0.117. The van der Waals surface area contributed by atoms with Crippen molar-refractivity contribution in [3.63, 3.8) is 0 Å². The fourth-order valence-corrected chi connectivity index (χ4v) is 6.59. The van der Waals surface area contributed by atoms with E-state index >= 15 is 0 Å². The second-order valence-electron chi connectivity index (χ2n) is 7.59. The number of aliphatic hydroxyl groups excluding tert-OH is 1. The van der Waals surface area contributed by atoms with E-state index < -0.39 is 23.5 Å². The quantitative estimate of drug-likeness (QED) is 0.135. The Bertz CT molecular complexity index is 1490. The number of carbonyl (C=O) groups is 2. The molecule has 0 aliphatic carbocycles. The summed E-state index contributed by atoms with van der Waals surface area (Å²) in [5.41, 5.74) is 1.51. The molecule has 182 valence electrons. The predicted octanol–water partition coefficient (Wildman–Crippen LogP) is 7.64. The number of anilines is 1. The Balaban J connectivity index is 1.50. The molecule has 0 spiro atoms. The van der Waals surface area contributed by atoms with Gasteiger partial charge in [-0.2, -0.15) is 0 Å². The molecule has 1 aliphatic rings. The van der Waals surface area contributed by atoms with E-state index in [1.165, 1.54) is 39.3 Å². The van der Waals surface area contributed by atoms with E-state index in [1.54, 1.807) is 35.7 Å². The molecule has 5 rings (SSSR count). The molecule has 0 saturated heterocycles. The molecule has 4 aromatic rings. The largest absolute Gasteiger partial charge is 0.503 e. The lowest BCUT2D eigenvalue weighted by atomic mass is 9.95. The molecule has 1 aliphatic heterocycles. The van der Waals surface area contributed by atoms with Gasteiger partial charge in [0.15, 0.2) is 10.1 Å². The van der Waals surface area contributed by atoms with Gasteiger partial charge in [0.2, 0.25) is 10.9 Å². The maximum Gasteiger partial charge on any atom is 0.296 e. The summed E-state index contributed by atoms with van der Waals surface area (Å²) >= 11 is 22.2.